The molecule has 2 saturated heterocycles. The number of amides is 4. The van der Waals surface area contributed by atoms with Crippen molar-refractivity contribution in [2.24, 2.45) is 11.8 Å². The molecule has 2 aliphatic heterocycles. The van der Waals surface area contributed by atoms with Gasteiger partial charge in [0, 0.05) is 18.7 Å². The summed E-state index contributed by atoms with van der Waals surface area (Å²) in [6, 6.07) is 10.9. The van der Waals surface area contributed by atoms with Gasteiger partial charge in [-0.05, 0) is 60.8 Å². The molecule has 0 aliphatic carbocycles. The fourth-order valence-corrected chi connectivity index (χ4v) is 8.02. The summed E-state index contributed by atoms with van der Waals surface area (Å²) >= 11 is 0. The molecule has 0 saturated carbocycles. The summed E-state index contributed by atoms with van der Waals surface area (Å²) in [4.78, 5) is 84.4. The lowest BCUT2D eigenvalue weighted by atomic mass is 10.0. The second-order valence-electron chi connectivity index (χ2n) is 15.7. The van der Waals surface area contributed by atoms with E-state index in [9.17, 15) is 24.0 Å². The van der Waals surface area contributed by atoms with Gasteiger partial charge in [-0.3, -0.25) is 14.4 Å². The highest BCUT2D eigenvalue weighted by atomic mass is 16.5. The van der Waals surface area contributed by atoms with Crippen LogP contribution in [0.15, 0.2) is 70.3 Å². The maximum absolute atomic E-state index is 13.8. The Morgan fingerprint density at radius 2 is 1.20 bits per heavy atom. The molecule has 2 fully saturated rings. The zero-order valence-corrected chi connectivity index (χ0v) is 34.0. The van der Waals surface area contributed by atoms with Gasteiger partial charge in [-0.1, -0.05) is 58.0 Å². The van der Waals surface area contributed by atoms with Crippen molar-refractivity contribution in [2.75, 3.05) is 27.3 Å². The Kier molecular flexibility index (Phi) is 11.9. The Hall–Kier alpha value is -6.45. The summed E-state index contributed by atoms with van der Waals surface area (Å²) in [5.41, 5.74) is 4.44. The van der Waals surface area contributed by atoms with Crippen LogP contribution in [0.1, 0.15) is 77.1 Å². The Morgan fingerprint density at radius 3 is 1.69 bits per heavy atom. The molecule has 2 aromatic carbocycles. The largest absolute Gasteiger partial charge is 0.463 e. The van der Waals surface area contributed by atoms with Crippen molar-refractivity contribution >= 4 is 35.0 Å². The number of hydrogen-bond acceptors (Lipinski definition) is 10. The maximum atomic E-state index is 13.8. The fourth-order valence-electron chi connectivity index (χ4n) is 8.02. The number of imidazole rings is 2. The lowest BCUT2D eigenvalue weighted by Gasteiger charge is -2.30. The van der Waals surface area contributed by atoms with Crippen LogP contribution in [0, 0.1) is 11.8 Å². The van der Waals surface area contributed by atoms with Crippen LogP contribution in [-0.4, -0.2) is 93.1 Å². The van der Waals surface area contributed by atoms with Crippen LogP contribution in [0.3, 0.4) is 0 Å². The van der Waals surface area contributed by atoms with Gasteiger partial charge in [-0.25, -0.2) is 19.6 Å². The normalized spacial score (nSPS) is 17.7. The molecular weight excluding hydrogens is 757 g/mol. The molecule has 7 rings (SSSR count). The number of alkyl carbamates (subject to hydrolysis) is 2. The molecule has 310 valence electrons. The number of likely N-dealkylation sites (tertiary alicyclic amines) is 2. The summed E-state index contributed by atoms with van der Waals surface area (Å²) in [5.74, 6) is 0.662. The second kappa shape index (κ2) is 17.2. The summed E-state index contributed by atoms with van der Waals surface area (Å²) < 4.78 is 15.5. The number of nitrogens with zero attached hydrogens (tertiary/aromatic N) is 4. The van der Waals surface area contributed by atoms with E-state index in [2.05, 4.69) is 30.6 Å². The number of H-pyrrole nitrogens is 2. The minimum absolute atomic E-state index is 0.134. The van der Waals surface area contributed by atoms with E-state index in [1.54, 1.807) is 34.3 Å². The van der Waals surface area contributed by atoms with Crippen LogP contribution in [0.2, 0.25) is 0 Å². The van der Waals surface area contributed by atoms with Crippen LogP contribution >= 0.6 is 0 Å². The molecule has 0 radical (unpaired) electrons. The van der Waals surface area contributed by atoms with Gasteiger partial charge in [0.25, 0.3) is 0 Å². The quantitative estimate of drug-likeness (QED) is 0.117. The molecule has 0 spiro atoms. The highest BCUT2D eigenvalue weighted by molar-refractivity contribution is 5.88. The molecule has 5 heterocycles. The number of methoxy groups -OCH3 is 2. The van der Waals surface area contributed by atoms with Crippen molar-refractivity contribution in [1.29, 1.82) is 0 Å². The SMILES string of the molecule is COC(=O)N[C@H](C(=O)N1CCC[C@H]1c1ncc(-c2ccc(-c3coc4cc(-c5cnc([C@@H]6CCCN6C(=O)[C@@H](NC(=O)OC)C(C)C)[nH]5)ccc4c3=O)cc2)[nH]1)C(C)C. The fraction of sp³-hybridized carbons (Fsp3) is 0.419. The monoisotopic (exact) mass is 806 g/mol. The third-order valence-corrected chi connectivity index (χ3v) is 11.3. The van der Waals surface area contributed by atoms with Crippen molar-refractivity contribution in [3.63, 3.8) is 0 Å². The first kappa shape index (κ1) is 40.7. The lowest BCUT2D eigenvalue weighted by molar-refractivity contribution is -0.136. The van der Waals surface area contributed by atoms with Gasteiger partial charge >= 0.3 is 12.2 Å². The summed E-state index contributed by atoms with van der Waals surface area (Å²) in [6.07, 6.45) is 6.68. The van der Waals surface area contributed by atoms with Gasteiger partial charge in [0.2, 0.25) is 11.8 Å². The zero-order valence-electron chi connectivity index (χ0n) is 34.0. The summed E-state index contributed by atoms with van der Waals surface area (Å²) in [6.45, 7) is 8.61. The van der Waals surface area contributed by atoms with E-state index in [4.69, 9.17) is 13.9 Å². The number of fused-ring (bicyclic) bond motifs is 1. The number of benzene rings is 2. The van der Waals surface area contributed by atoms with Gasteiger partial charge < -0.3 is 44.3 Å². The van der Waals surface area contributed by atoms with E-state index in [0.29, 0.717) is 52.5 Å². The molecule has 3 aromatic heterocycles. The molecule has 5 aromatic rings. The van der Waals surface area contributed by atoms with Crippen molar-refractivity contribution in [1.82, 2.24) is 40.4 Å². The Labute approximate surface area is 341 Å². The van der Waals surface area contributed by atoms with Crippen LogP contribution < -0.4 is 16.1 Å². The van der Waals surface area contributed by atoms with Crippen LogP contribution in [0.4, 0.5) is 9.59 Å². The van der Waals surface area contributed by atoms with Crippen LogP contribution in [-0.2, 0) is 19.1 Å². The van der Waals surface area contributed by atoms with Gasteiger partial charge in [0.15, 0.2) is 5.43 Å². The maximum Gasteiger partial charge on any atom is 0.407 e. The Bertz CT molecular complexity index is 2400. The van der Waals surface area contributed by atoms with Crippen molar-refractivity contribution in [3.05, 3.63) is 83.0 Å². The van der Waals surface area contributed by atoms with E-state index in [0.717, 1.165) is 42.5 Å². The molecule has 4 N–H and O–H groups in total. The van der Waals surface area contributed by atoms with Gasteiger partial charge in [-0.15, -0.1) is 0 Å². The number of aromatic nitrogens is 4. The highest BCUT2D eigenvalue weighted by Gasteiger charge is 2.39. The van der Waals surface area contributed by atoms with Gasteiger partial charge in [0.1, 0.15) is 35.6 Å². The zero-order chi connectivity index (χ0) is 42.0. The smallest absolute Gasteiger partial charge is 0.407 e. The van der Waals surface area contributed by atoms with Crippen LogP contribution in [0.25, 0.3) is 44.6 Å². The molecule has 4 atom stereocenters. The first-order chi connectivity index (χ1) is 28.4. The second-order valence-corrected chi connectivity index (χ2v) is 15.7. The van der Waals surface area contributed by atoms with E-state index >= 15 is 0 Å². The predicted octanol–water partition coefficient (Wildman–Crippen LogP) is 6.33. The highest BCUT2D eigenvalue weighted by Crippen LogP contribution is 2.35. The van der Waals surface area contributed by atoms with Gasteiger partial charge in [-0.2, -0.15) is 0 Å². The lowest BCUT2D eigenvalue weighted by Crippen LogP contribution is -2.51. The summed E-state index contributed by atoms with van der Waals surface area (Å²) in [5, 5.41) is 5.77. The number of carbonyl (C=O) groups is 4. The number of hydrogen-bond donors (Lipinski definition) is 4. The molecule has 0 bridgehead atoms. The number of carbonyl (C=O) groups excluding carboxylic acids is 4. The first-order valence-electron chi connectivity index (χ1n) is 19.9. The van der Waals surface area contributed by atoms with Crippen LogP contribution in [0.5, 0.6) is 0 Å². The number of aromatic amines is 2. The average molecular weight is 807 g/mol. The topological polar surface area (TPSA) is 205 Å². The standard InChI is InChI=1S/C43H50N8O8/c1-23(2)35(48-42(55)57-5)40(53)50-17-7-9-32(50)38-44-20-30(46-38)26-13-11-25(12-14-26)29-22-59-34-19-27(15-16-28(34)37(29)52)31-21-45-39(47-31)33-10-8-18-51(33)41(54)36(24(3)4)49-43(56)58-6/h11-16,19-24,32-33,35-36H,7-10,17-18H2,1-6H3,(H,44,46)(H,45,47)(H,48,55)(H,49,56)/t32-,33-,35-,36-/m0/s1. The molecule has 2 aliphatic rings. The number of rotatable bonds is 11. The minimum Gasteiger partial charge on any atom is -0.463 e. The minimum atomic E-state index is -0.732. The number of ether oxygens (including phenoxy) is 2. The van der Waals surface area contributed by atoms with E-state index in [1.807, 2.05) is 58.0 Å². The van der Waals surface area contributed by atoms with Crippen molar-refractivity contribution in [3.8, 4) is 33.6 Å². The molecule has 16 nitrogen and oxygen atoms in total. The van der Waals surface area contributed by atoms with Gasteiger partial charge in [0.05, 0.1) is 61.0 Å². The molecule has 0 unspecified atom stereocenters. The molecular formula is C43H50N8O8. The van der Waals surface area contributed by atoms with Crippen molar-refractivity contribution in [2.45, 2.75) is 77.5 Å². The number of nitrogens with one attached hydrogen (secondary N) is 4. The van der Waals surface area contributed by atoms with E-state index < -0.39 is 24.3 Å². The van der Waals surface area contributed by atoms with E-state index in [-0.39, 0.29) is 41.2 Å². The molecule has 59 heavy (non-hydrogen) atoms. The average Bonchev–Trinajstić information content (AvgIpc) is 4.08. The summed E-state index contributed by atoms with van der Waals surface area (Å²) in [7, 11) is 2.54. The third-order valence-electron chi connectivity index (χ3n) is 11.3. The Balaban J connectivity index is 1.05. The Morgan fingerprint density at radius 1 is 0.729 bits per heavy atom. The molecule has 4 amide bonds. The van der Waals surface area contributed by atoms with E-state index in [1.165, 1.54) is 20.5 Å². The van der Waals surface area contributed by atoms with Crippen molar-refractivity contribution < 1.29 is 33.1 Å². The third kappa shape index (κ3) is 8.29. The predicted molar refractivity (Wildman–Crippen MR) is 219 cm³/mol. The first-order valence-corrected chi connectivity index (χ1v) is 19.9. The molecule has 16 heteroatoms.